The van der Waals surface area contributed by atoms with Crippen molar-refractivity contribution >= 4 is 0 Å². The second kappa shape index (κ2) is 26.0. The Bertz CT molecular complexity index is 1500. The van der Waals surface area contributed by atoms with Gasteiger partial charge in [-0.15, -0.1) is 0 Å². The van der Waals surface area contributed by atoms with Crippen LogP contribution in [0.5, 0.6) is 0 Å². The summed E-state index contributed by atoms with van der Waals surface area (Å²) in [5.74, 6) is 0. The number of nitrogens with two attached hydrogens (primary N) is 14. The Morgan fingerprint density at radius 3 is 0.390 bits per heavy atom. The highest BCUT2D eigenvalue weighted by Crippen LogP contribution is 2.37. The fourth-order valence-corrected chi connectivity index (χ4v) is 11.1. The topological polar surface area (TPSA) is 635 Å². The maximum absolute atomic E-state index is 11.6. The van der Waals surface area contributed by atoms with E-state index in [1.54, 1.807) is 0 Å². The average Bonchev–Trinajstić information content (AvgIpc) is 3.45. The average molecular weight is 1120 g/mol. The summed E-state index contributed by atoms with van der Waals surface area (Å²) in [7, 11) is 0. The number of aliphatic hydroxyl groups excluding tert-OH is 7. The largest absolute Gasteiger partial charge is 0.386 e. The van der Waals surface area contributed by atoms with Gasteiger partial charge in [0.2, 0.25) is 0 Å². The lowest BCUT2D eigenvalue weighted by molar-refractivity contribution is -0.365. The van der Waals surface area contributed by atoms with Gasteiger partial charge in [0, 0.05) is 45.8 Å². The highest BCUT2D eigenvalue weighted by Gasteiger charge is 2.58. The second-order valence-electron chi connectivity index (χ2n) is 20.6. The van der Waals surface area contributed by atoms with Crippen LogP contribution in [0.4, 0.5) is 0 Å². The Labute approximate surface area is 442 Å². The predicted octanol–water partition coefficient (Wildman–Crippen LogP) is -15.7. The summed E-state index contributed by atoms with van der Waals surface area (Å²) in [4.78, 5) is 0. The van der Waals surface area contributed by atoms with Gasteiger partial charge in [-0.05, 0) is 0 Å². The van der Waals surface area contributed by atoms with Crippen molar-refractivity contribution in [3.63, 3.8) is 0 Å². The Kier molecular flexibility index (Phi) is 20.8. The van der Waals surface area contributed by atoms with E-state index in [0.29, 0.717) is 0 Å². The number of rotatable bonds is 7. The minimum Gasteiger partial charge on any atom is -0.386 e. The van der Waals surface area contributed by atoms with Crippen molar-refractivity contribution in [2.45, 2.75) is 215 Å². The summed E-state index contributed by atoms with van der Waals surface area (Å²) in [6.07, 6.45) is -40.2. The van der Waals surface area contributed by atoms with E-state index in [-0.39, 0.29) is 45.8 Å². The molecule has 0 amide bonds. The van der Waals surface area contributed by atoms with Gasteiger partial charge in [-0.3, -0.25) is 0 Å². The molecule has 21 fully saturated rings. The standard InChI is InChI=1S/C42H84N14O21/c43-1-8-29-15(50)22(57)36(64-8)72-30-9(2-44)66-38(24(59)17(30)52)74-32-11(4-46)68-40(26(61)19(32)54)76-34-13(6-48)70-42(28(63)21(34)56)77-35-14(7-49)69-41(27(62)20(35)55)75-33-12(5-47)67-39(25(60)18(33)53)73-31-10(3-45)65-37(71-29)23(58)16(31)51/h8-42,57-63H,1-7,43-56H2/t8-,9-,10-,11-,12-,13-,14-,15-,16-,17-,18+,19+,20+,21+,22-,23-,24-,25+,26+,27+,28+,29-,30-,31-,32-,33-,34-,35-,36-,37-,38-,39-,40-,41-,42-/m1/s1. The minimum absolute atomic E-state index is 0.287. The van der Waals surface area contributed by atoms with E-state index in [1.165, 1.54) is 0 Å². The van der Waals surface area contributed by atoms with Gasteiger partial charge in [0.05, 0.1) is 42.3 Å². The van der Waals surface area contributed by atoms with Crippen LogP contribution < -0.4 is 80.3 Å². The predicted molar refractivity (Wildman–Crippen MR) is 256 cm³/mol. The van der Waals surface area contributed by atoms with E-state index in [0.717, 1.165) is 0 Å². The zero-order valence-corrected chi connectivity index (χ0v) is 42.1. The third kappa shape index (κ3) is 12.1. The van der Waals surface area contributed by atoms with Crippen LogP contribution in [0, 0.1) is 0 Å². The van der Waals surface area contributed by atoms with Crippen molar-refractivity contribution in [2.75, 3.05) is 45.8 Å². The number of hydrogen-bond donors (Lipinski definition) is 21. The smallest absolute Gasteiger partial charge is 0.186 e. The second-order valence-corrected chi connectivity index (χ2v) is 20.6. The molecule has 0 spiro atoms. The van der Waals surface area contributed by atoms with Crippen molar-refractivity contribution < 1.29 is 102 Å². The van der Waals surface area contributed by atoms with Crippen LogP contribution in [0.25, 0.3) is 0 Å². The van der Waals surface area contributed by atoms with Crippen LogP contribution >= 0.6 is 0 Å². The first kappa shape index (κ1) is 61.7. The van der Waals surface area contributed by atoms with Crippen LogP contribution in [0.2, 0.25) is 0 Å². The molecule has 77 heavy (non-hydrogen) atoms. The van der Waals surface area contributed by atoms with E-state index >= 15 is 0 Å². The van der Waals surface area contributed by atoms with Crippen molar-refractivity contribution in [1.82, 2.24) is 0 Å². The molecule has 14 bridgehead atoms. The monoisotopic (exact) mass is 1120 g/mol. The van der Waals surface area contributed by atoms with E-state index in [2.05, 4.69) is 0 Å². The molecule has 0 saturated carbocycles. The molecular weight excluding hydrogens is 1040 g/mol. The summed E-state index contributed by atoms with van der Waals surface area (Å²) in [5.41, 5.74) is 89.1. The van der Waals surface area contributed by atoms with Gasteiger partial charge in [0.1, 0.15) is 128 Å². The molecule has 0 unspecified atom stereocenters. The molecule has 35 heteroatoms. The molecule has 0 aliphatic carbocycles. The summed E-state index contributed by atoms with van der Waals surface area (Å²) in [6.45, 7) is -2.01. The van der Waals surface area contributed by atoms with Gasteiger partial charge in [-0.2, -0.15) is 0 Å². The van der Waals surface area contributed by atoms with Crippen LogP contribution in [0.3, 0.4) is 0 Å². The summed E-state index contributed by atoms with van der Waals surface area (Å²) < 4.78 is 85.8. The first-order chi connectivity index (χ1) is 36.7. The van der Waals surface area contributed by atoms with E-state index in [1.807, 2.05) is 0 Å². The summed E-state index contributed by atoms with van der Waals surface area (Å²) >= 11 is 0. The molecule has 21 saturated heterocycles. The lowest BCUT2D eigenvalue weighted by Gasteiger charge is -2.51. The molecule has 0 radical (unpaired) electrons. The van der Waals surface area contributed by atoms with Crippen molar-refractivity contribution in [1.29, 1.82) is 0 Å². The Morgan fingerprint density at radius 2 is 0.299 bits per heavy atom. The van der Waals surface area contributed by atoms with Crippen molar-refractivity contribution in [2.24, 2.45) is 80.3 Å². The van der Waals surface area contributed by atoms with Gasteiger partial charge in [-0.1, -0.05) is 0 Å². The lowest BCUT2D eigenvalue weighted by Crippen LogP contribution is -2.71. The van der Waals surface area contributed by atoms with Crippen LogP contribution in [0.15, 0.2) is 0 Å². The third-order valence-electron chi connectivity index (χ3n) is 15.8. The number of ether oxygens (including phenoxy) is 14. The normalized spacial score (nSPS) is 55.4. The molecule has 21 rings (SSSR count). The molecule has 0 aromatic carbocycles. The number of hydrogen-bond acceptors (Lipinski definition) is 35. The molecular formula is C42H84N14O21. The molecule has 35 N–H and O–H groups in total. The quantitative estimate of drug-likeness (QED) is 0.113. The molecule has 35 atom stereocenters. The Morgan fingerprint density at radius 1 is 0.195 bits per heavy atom. The number of aliphatic hydroxyl groups is 7. The highest BCUT2D eigenvalue weighted by atomic mass is 16.8. The van der Waals surface area contributed by atoms with E-state index < -0.39 is 215 Å². The Hall–Kier alpha value is -1.40. The lowest BCUT2D eigenvalue weighted by atomic mass is 9.93. The molecule has 0 aromatic heterocycles. The zero-order chi connectivity index (χ0) is 56.1. The van der Waals surface area contributed by atoms with Crippen LogP contribution in [0.1, 0.15) is 0 Å². The fourth-order valence-electron chi connectivity index (χ4n) is 11.1. The van der Waals surface area contributed by atoms with Crippen LogP contribution in [-0.4, -0.2) is 296 Å². The zero-order valence-electron chi connectivity index (χ0n) is 42.1. The first-order valence-corrected chi connectivity index (χ1v) is 25.8. The first-order valence-electron chi connectivity index (χ1n) is 25.8. The van der Waals surface area contributed by atoms with Gasteiger partial charge in [0.25, 0.3) is 0 Å². The SMILES string of the molecule is NC[C@H]1O[C@@H]2O[C@H]3[C@H](N)[C@@H](O)[C@@H](O[C@H]4[C@H](N)[C@@H](O)[C@@H](O[C@H]5[C@@H](N)[C@H](O)[C@@H](O[C@H]6[C@@H](N)[C@H](O)[C@@H](O[C@H]7[C@@H](N)[C@H](O)[C@@H](O[C@H]8[C@@H](N)[C@H](O)[C@@H](O[C@H]1[C@H](N)[C@H]2O)O[C@@H]8CN)O[C@@H]7CN)O[C@@H]6CN)O[C@@H]5CN)O[C@@H]4CN)O[C@@H]3CN. The molecule has 21 aliphatic heterocycles. The van der Waals surface area contributed by atoms with Gasteiger partial charge in [0.15, 0.2) is 44.0 Å². The fraction of sp³-hybridized carbons (Fsp3) is 1.00. The van der Waals surface area contributed by atoms with E-state index in [4.69, 9.17) is 147 Å². The molecule has 35 nitrogen and oxygen atoms in total. The maximum Gasteiger partial charge on any atom is 0.186 e. The van der Waals surface area contributed by atoms with E-state index in [9.17, 15) is 35.7 Å². The summed E-state index contributed by atoms with van der Waals surface area (Å²) in [6, 6.07) is -9.55. The van der Waals surface area contributed by atoms with Crippen LogP contribution in [-0.2, 0) is 66.3 Å². The Balaban J connectivity index is 1.08. The maximum atomic E-state index is 11.6. The molecule has 448 valence electrons. The molecule has 21 aliphatic rings. The van der Waals surface area contributed by atoms with Gasteiger partial charge < -0.3 is 182 Å². The van der Waals surface area contributed by atoms with Gasteiger partial charge in [-0.25, -0.2) is 0 Å². The highest BCUT2D eigenvalue weighted by molar-refractivity contribution is 5.05. The van der Waals surface area contributed by atoms with Crippen molar-refractivity contribution in [3.8, 4) is 0 Å². The molecule has 21 heterocycles. The third-order valence-corrected chi connectivity index (χ3v) is 15.8. The van der Waals surface area contributed by atoms with Crippen molar-refractivity contribution in [3.05, 3.63) is 0 Å². The summed E-state index contributed by atoms with van der Waals surface area (Å²) in [5, 5.41) is 81.1. The van der Waals surface area contributed by atoms with Gasteiger partial charge >= 0.3 is 0 Å². The molecule has 0 aromatic rings. The minimum atomic E-state index is -1.70.